The number of carbonyl (C=O) groups excluding carboxylic acids is 2. The van der Waals surface area contributed by atoms with Crippen LogP contribution in [0.3, 0.4) is 0 Å². The van der Waals surface area contributed by atoms with Gasteiger partial charge in [0.25, 0.3) is 5.91 Å². The molecule has 2 unspecified atom stereocenters. The van der Waals surface area contributed by atoms with Gasteiger partial charge in [0.15, 0.2) is 0 Å². The van der Waals surface area contributed by atoms with Crippen molar-refractivity contribution >= 4 is 29.1 Å². The minimum Gasteiger partial charge on any atom is -0.338 e. The van der Waals surface area contributed by atoms with Crippen molar-refractivity contribution in [1.29, 1.82) is 0 Å². The number of piperidine rings is 1. The van der Waals surface area contributed by atoms with Crippen LogP contribution in [0.5, 0.6) is 0 Å². The number of carbonyl (C=O) groups is 2. The van der Waals surface area contributed by atoms with Crippen LogP contribution in [0.15, 0.2) is 18.2 Å². The van der Waals surface area contributed by atoms with Crippen LogP contribution in [0.1, 0.15) is 44.0 Å². The van der Waals surface area contributed by atoms with E-state index in [1.165, 1.54) is 0 Å². The number of nitrogens with zero attached hydrogens (tertiary/aromatic N) is 1. The summed E-state index contributed by atoms with van der Waals surface area (Å²) in [4.78, 5) is 26.5. The lowest BCUT2D eigenvalue weighted by Gasteiger charge is -2.34. The molecule has 0 aliphatic carbocycles. The number of nitrogens with two attached hydrogens (primary N) is 1. The van der Waals surface area contributed by atoms with E-state index in [0.717, 1.165) is 12.8 Å². The van der Waals surface area contributed by atoms with Crippen LogP contribution in [0.2, 0.25) is 5.02 Å². The number of halogens is 1. The first-order chi connectivity index (χ1) is 11.3. The lowest BCUT2D eigenvalue weighted by Crippen LogP contribution is -2.45. The van der Waals surface area contributed by atoms with Crippen molar-refractivity contribution in [2.45, 2.75) is 39.7 Å². The van der Waals surface area contributed by atoms with Gasteiger partial charge in [0.2, 0.25) is 5.91 Å². The van der Waals surface area contributed by atoms with Gasteiger partial charge in [-0.2, -0.15) is 0 Å². The van der Waals surface area contributed by atoms with E-state index in [1.54, 1.807) is 18.2 Å². The Kier molecular flexibility index (Phi) is 6.24. The summed E-state index contributed by atoms with van der Waals surface area (Å²) in [5.74, 6) is -0.0178. The molecule has 2 atom stereocenters. The molecule has 5 nitrogen and oxygen atoms in total. The number of hydrogen-bond acceptors (Lipinski definition) is 3. The molecule has 0 aromatic heterocycles. The molecule has 1 saturated heterocycles. The summed E-state index contributed by atoms with van der Waals surface area (Å²) >= 11 is 6.22. The average molecular weight is 352 g/mol. The zero-order valence-electron chi connectivity index (χ0n) is 14.5. The van der Waals surface area contributed by atoms with Crippen molar-refractivity contribution in [2.75, 3.05) is 18.4 Å². The van der Waals surface area contributed by atoms with Crippen molar-refractivity contribution < 1.29 is 9.59 Å². The third-order valence-electron chi connectivity index (χ3n) is 4.48. The molecule has 132 valence electrons. The van der Waals surface area contributed by atoms with E-state index in [1.807, 2.05) is 25.7 Å². The van der Waals surface area contributed by atoms with E-state index >= 15 is 0 Å². The summed E-state index contributed by atoms with van der Waals surface area (Å²) in [7, 11) is 0. The highest BCUT2D eigenvalue weighted by atomic mass is 35.5. The molecular formula is C18H26ClN3O2. The predicted octanol–water partition coefficient (Wildman–Crippen LogP) is 3.13. The number of hydrogen-bond donors (Lipinski definition) is 2. The summed E-state index contributed by atoms with van der Waals surface area (Å²) in [6.45, 7) is 6.97. The van der Waals surface area contributed by atoms with Gasteiger partial charge in [0.1, 0.15) is 0 Å². The molecule has 1 aromatic carbocycles. The molecule has 0 spiro atoms. The molecule has 6 heteroatoms. The summed E-state index contributed by atoms with van der Waals surface area (Å²) < 4.78 is 0. The normalized spacial score (nSPS) is 19.2. The summed E-state index contributed by atoms with van der Waals surface area (Å²) in [5.41, 5.74) is 7.00. The second-order valence-electron chi connectivity index (χ2n) is 6.85. The first kappa shape index (κ1) is 18.7. The fraction of sp³-hybridized carbons (Fsp3) is 0.556. The van der Waals surface area contributed by atoms with Crippen LogP contribution < -0.4 is 11.1 Å². The van der Waals surface area contributed by atoms with Crippen LogP contribution in [-0.2, 0) is 4.79 Å². The van der Waals surface area contributed by atoms with Gasteiger partial charge >= 0.3 is 0 Å². The van der Waals surface area contributed by atoms with Gasteiger partial charge in [0, 0.05) is 30.7 Å². The molecule has 0 saturated carbocycles. The smallest absolute Gasteiger partial charge is 0.255 e. The summed E-state index contributed by atoms with van der Waals surface area (Å²) in [6, 6.07) is 5.08. The molecule has 1 heterocycles. The Bertz CT molecular complexity index is 616. The molecule has 2 amide bonds. The number of nitrogens with one attached hydrogen (secondary N) is 1. The fourth-order valence-electron chi connectivity index (χ4n) is 2.85. The van der Waals surface area contributed by atoms with Gasteiger partial charge in [-0.05, 0) is 43.9 Å². The molecular weight excluding hydrogens is 326 g/mol. The second-order valence-corrected chi connectivity index (χ2v) is 7.26. The van der Waals surface area contributed by atoms with Crippen molar-refractivity contribution in [3.63, 3.8) is 0 Å². The number of likely N-dealkylation sites (tertiary alicyclic amines) is 1. The molecule has 1 fully saturated rings. The lowest BCUT2D eigenvalue weighted by atomic mass is 9.92. The first-order valence-electron chi connectivity index (χ1n) is 8.45. The van der Waals surface area contributed by atoms with Crippen LogP contribution in [-0.4, -0.2) is 35.8 Å². The van der Waals surface area contributed by atoms with Crippen molar-refractivity contribution in [1.82, 2.24) is 4.90 Å². The summed E-state index contributed by atoms with van der Waals surface area (Å²) in [5, 5.41) is 3.20. The molecule has 0 radical (unpaired) electrons. The first-order valence-corrected chi connectivity index (χ1v) is 8.82. The average Bonchev–Trinajstić information content (AvgIpc) is 2.55. The molecule has 1 aromatic rings. The van der Waals surface area contributed by atoms with Crippen LogP contribution in [0, 0.1) is 11.8 Å². The van der Waals surface area contributed by atoms with Gasteiger partial charge in [-0.25, -0.2) is 0 Å². The second kappa shape index (κ2) is 7.99. The standard InChI is InChI=1S/C18H26ClN3O2/c1-11(2)17(23)21-14-6-7-16(19)15(9-14)18(24)22-8-4-5-13(10-22)12(3)20/h6-7,9,11-13H,4-5,8,10,20H2,1-3H3,(H,21,23). The Morgan fingerprint density at radius 1 is 1.33 bits per heavy atom. The van der Waals surface area contributed by atoms with E-state index in [4.69, 9.17) is 17.3 Å². The largest absolute Gasteiger partial charge is 0.338 e. The fourth-order valence-corrected chi connectivity index (χ4v) is 3.05. The summed E-state index contributed by atoms with van der Waals surface area (Å²) in [6.07, 6.45) is 1.99. The Morgan fingerprint density at radius 3 is 2.67 bits per heavy atom. The zero-order chi connectivity index (χ0) is 17.9. The van der Waals surface area contributed by atoms with Gasteiger partial charge in [-0.15, -0.1) is 0 Å². The van der Waals surface area contributed by atoms with E-state index in [0.29, 0.717) is 35.3 Å². The van der Waals surface area contributed by atoms with E-state index in [9.17, 15) is 9.59 Å². The van der Waals surface area contributed by atoms with E-state index in [2.05, 4.69) is 5.32 Å². The van der Waals surface area contributed by atoms with E-state index < -0.39 is 0 Å². The van der Waals surface area contributed by atoms with Gasteiger partial charge in [-0.3, -0.25) is 9.59 Å². The highest BCUT2D eigenvalue weighted by molar-refractivity contribution is 6.34. The number of benzene rings is 1. The van der Waals surface area contributed by atoms with Gasteiger partial charge in [0.05, 0.1) is 10.6 Å². The molecule has 1 aliphatic heterocycles. The maximum Gasteiger partial charge on any atom is 0.255 e. The van der Waals surface area contributed by atoms with Gasteiger partial charge < -0.3 is 16.0 Å². The molecule has 1 aliphatic rings. The van der Waals surface area contributed by atoms with E-state index in [-0.39, 0.29) is 23.8 Å². The van der Waals surface area contributed by atoms with Crippen LogP contribution >= 0.6 is 11.6 Å². The highest BCUT2D eigenvalue weighted by Crippen LogP contribution is 2.26. The van der Waals surface area contributed by atoms with Crippen LogP contribution in [0.25, 0.3) is 0 Å². The molecule has 2 rings (SSSR count). The zero-order valence-corrected chi connectivity index (χ0v) is 15.3. The SMILES string of the molecule is CC(C)C(=O)Nc1ccc(Cl)c(C(=O)N2CCCC(C(C)N)C2)c1. The molecule has 0 bridgehead atoms. The molecule has 24 heavy (non-hydrogen) atoms. The van der Waals surface area contributed by atoms with Crippen LogP contribution in [0.4, 0.5) is 5.69 Å². The number of amides is 2. The monoisotopic (exact) mass is 351 g/mol. The Hall–Kier alpha value is -1.59. The van der Waals surface area contributed by atoms with Crippen molar-refractivity contribution in [3.8, 4) is 0 Å². The van der Waals surface area contributed by atoms with Crippen molar-refractivity contribution in [2.24, 2.45) is 17.6 Å². The Labute approximate surface area is 148 Å². The van der Waals surface area contributed by atoms with Crippen molar-refractivity contribution in [3.05, 3.63) is 28.8 Å². The maximum absolute atomic E-state index is 12.8. The quantitative estimate of drug-likeness (QED) is 0.875. The van der Waals surface area contributed by atoms with Gasteiger partial charge in [-0.1, -0.05) is 25.4 Å². The maximum atomic E-state index is 12.8. The number of rotatable bonds is 4. The predicted molar refractivity (Wildman–Crippen MR) is 97.2 cm³/mol. The minimum absolute atomic E-state index is 0.0627. The third kappa shape index (κ3) is 4.48. The Morgan fingerprint density at radius 2 is 2.04 bits per heavy atom. The highest BCUT2D eigenvalue weighted by Gasteiger charge is 2.27. The topological polar surface area (TPSA) is 75.4 Å². The number of anilines is 1. The molecule has 3 N–H and O–H groups in total. The minimum atomic E-state index is -0.131. The third-order valence-corrected chi connectivity index (χ3v) is 4.81. The Balaban J connectivity index is 2.17. The lowest BCUT2D eigenvalue weighted by molar-refractivity contribution is -0.118.